The van der Waals surface area contributed by atoms with Crippen molar-refractivity contribution < 1.29 is 9.90 Å². The van der Waals surface area contributed by atoms with Crippen LogP contribution in [-0.2, 0) is 11.8 Å². The SMILES string of the molecule is Cn1cnc2cc(-c3ccc(C4CCC(=O)N4)cc3)nc(N3CC[C@H](CO)C3)c2c1=O. The normalized spacial score (nSPS) is 21.1. The maximum atomic E-state index is 12.9. The van der Waals surface area contributed by atoms with Crippen LogP contribution in [0.15, 0.2) is 41.5 Å². The monoisotopic (exact) mass is 419 g/mol. The molecule has 1 aromatic carbocycles. The number of hydrogen-bond acceptors (Lipinski definition) is 6. The fourth-order valence-electron chi connectivity index (χ4n) is 4.50. The van der Waals surface area contributed by atoms with Crippen molar-refractivity contribution in [3.8, 4) is 11.3 Å². The predicted octanol–water partition coefficient (Wildman–Crippen LogP) is 1.77. The average molecular weight is 419 g/mol. The molecule has 0 aliphatic carbocycles. The molecule has 2 fully saturated rings. The minimum atomic E-state index is -0.126. The first kappa shape index (κ1) is 19.7. The van der Waals surface area contributed by atoms with Crippen molar-refractivity contribution in [3.63, 3.8) is 0 Å². The number of nitrogens with one attached hydrogen (secondary N) is 1. The Morgan fingerprint density at radius 3 is 2.68 bits per heavy atom. The molecule has 2 atom stereocenters. The van der Waals surface area contributed by atoms with Crippen LogP contribution in [0.2, 0.25) is 0 Å². The van der Waals surface area contributed by atoms with E-state index in [9.17, 15) is 14.7 Å². The molecule has 8 heteroatoms. The molecule has 2 saturated heterocycles. The number of carbonyl (C=O) groups is 1. The number of aliphatic hydroxyl groups is 1. The Hall–Kier alpha value is -3.26. The maximum Gasteiger partial charge on any atom is 0.264 e. The van der Waals surface area contributed by atoms with Gasteiger partial charge in [0, 0.05) is 44.6 Å². The van der Waals surface area contributed by atoms with E-state index < -0.39 is 0 Å². The molecule has 8 nitrogen and oxygen atoms in total. The fourth-order valence-corrected chi connectivity index (χ4v) is 4.50. The van der Waals surface area contributed by atoms with Gasteiger partial charge in [0.2, 0.25) is 5.91 Å². The van der Waals surface area contributed by atoms with Crippen LogP contribution >= 0.6 is 0 Å². The van der Waals surface area contributed by atoms with E-state index in [-0.39, 0.29) is 30.0 Å². The summed E-state index contributed by atoms with van der Waals surface area (Å²) in [6.07, 6.45) is 3.77. The topological polar surface area (TPSA) is 100 Å². The molecule has 2 aromatic heterocycles. The van der Waals surface area contributed by atoms with Gasteiger partial charge in [-0.3, -0.25) is 9.59 Å². The van der Waals surface area contributed by atoms with Gasteiger partial charge < -0.3 is 19.9 Å². The third kappa shape index (κ3) is 3.57. The van der Waals surface area contributed by atoms with Crippen molar-refractivity contribution in [1.29, 1.82) is 0 Å². The molecule has 0 radical (unpaired) electrons. The van der Waals surface area contributed by atoms with Crippen LogP contribution in [0.1, 0.15) is 30.9 Å². The lowest BCUT2D eigenvalue weighted by atomic mass is 10.0. The molecule has 160 valence electrons. The highest BCUT2D eigenvalue weighted by molar-refractivity contribution is 5.92. The highest BCUT2D eigenvalue weighted by Gasteiger charge is 2.27. The number of anilines is 1. The molecule has 2 aliphatic heterocycles. The Kier molecular flexibility index (Phi) is 4.94. The van der Waals surface area contributed by atoms with Gasteiger partial charge in [-0.05, 0) is 24.5 Å². The summed E-state index contributed by atoms with van der Waals surface area (Å²) in [5, 5.41) is 13.1. The lowest BCUT2D eigenvalue weighted by Crippen LogP contribution is -2.26. The average Bonchev–Trinajstić information content (AvgIpc) is 3.45. The Labute approximate surface area is 179 Å². The highest BCUT2D eigenvalue weighted by atomic mass is 16.3. The summed E-state index contributed by atoms with van der Waals surface area (Å²) in [7, 11) is 1.69. The highest BCUT2D eigenvalue weighted by Crippen LogP contribution is 2.31. The largest absolute Gasteiger partial charge is 0.396 e. The molecule has 1 unspecified atom stereocenters. The Morgan fingerprint density at radius 1 is 1.19 bits per heavy atom. The van der Waals surface area contributed by atoms with E-state index in [0.29, 0.717) is 29.7 Å². The molecule has 2 aliphatic rings. The smallest absolute Gasteiger partial charge is 0.264 e. The number of hydrogen-bond donors (Lipinski definition) is 2. The summed E-state index contributed by atoms with van der Waals surface area (Å²) in [5.74, 6) is 0.903. The second-order valence-electron chi connectivity index (χ2n) is 8.45. The lowest BCUT2D eigenvalue weighted by molar-refractivity contribution is -0.119. The van der Waals surface area contributed by atoms with Crippen molar-refractivity contribution in [2.45, 2.75) is 25.3 Å². The van der Waals surface area contributed by atoms with Gasteiger partial charge in [0.25, 0.3) is 5.56 Å². The molecule has 3 aromatic rings. The van der Waals surface area contributed by atoms with Crippen molar-refractivity contribution in [3.05, 3.63) is 52.6 Å². The molecule has 5 rings (SSSR count). The van der Waals surface area contributed by atoms with Crippen LogP contribution in [0.25, 0.3) is 22.2 Å². The van der Waals surface area contributed by atoms with Gasteiger partial charge in [0.15, 0.2) is 0 Å². The van der Waals surface area contributed by atoms with Crippen molar-refractivity contribution in [2.75, 3.05) is 24.6 Å². The van der Waals surface area contributed by atoms with E-state index >= 15 is 0 Å². The quantitative estimate of drug-likeness (QED) is 0.669. The zero-order chi connectivity index (χ0) is 21.5. The second kappa shape index (κ2) is 7.77. The number of aryl methyl sites for hydroxylation is 1. The maximum absolute atomic E-state index is 12.9. The molecular formula is C23H25N5O3. The molecule has 1 amide bonds. The van der Waals surface area contributed by atoms with Crippen LogP contribution < -0.4 is 15.8 Å². The minimum absolute atomic E-state index is 0.0615. The molecule has 0 bridgehead atoms. The van der Waals surface area contributed by atoms with Gasteiger partial charge in [-0.2, -0.15) is 0 Å². The molecule has 31 heavy (non-hydrogen) atoms. The number of benzene rings is 1. The summed E-state index contributed by atoms with van der Waals surface area (Å²) in [6.45, 7) is 1.54. The van der Waals surface area contributed by atoms with Gasteiger partial charge >= 0.3 is 0 Å². The Balaban J connectivity index is 1.57. The third-order valence-corrected chi connectivity index (χ3v) is 6.33. The second-order valence-corrected chi connectivity index (χ2v) is 8.45. The Morgan fingerprint density at radius 2 is 2.00 bits per heavy atom. The van der Waals surface area contributed by atoms with Gasteiger partial charge in [-0.15, -0.1) is 0 Å². The van der Waals surface area contributed by atoms with Crippen molar-refractivity contribution in [1.82, 2.24) is 19.9 Å². The minimum Gasteiger partial charge on any atom is -0.396 e. The van der Waals surface area contributed by atoms with E-state index in [4.69, 9.17) is 4.98 Å². The summed E-state index contributed by atoms with van der Waals surface area (Å²) < 4.78 is 1.47. The first-order chi connectivity index (χ1) is 15.0. The third-order valence-electron chi connectivity index (χ3n) is 6.33. The van der Waals surface area contributed by atoms with Gasteiger partial charge in [-0.25, -0.2) is 9.97 Å². The predicted molar refractivity (Wildman–Crippen MR) is 118 cm³/mol. The first-order valence-corrected chi connectivity index (χ1v) is 10.7. The lowest BCUT2D eigenvalue weighted by Gasteiger charge is -2.20. The van der Waals surface area contributed by atoms with Gasteiger partial charge in [0.05, 0.1) is 23.6 Å². The van der Waals surface area contributed by atoms with E-state index in [1.54, 1.807) is 7.05 Å². The number of nitrogens with zero attached hydrogens (tertiary/aromatic N) is 4. The molecule has 4 heterocycles. The van der Waals surface area contributed by atoms with Crippen LogP contribution in [0, 0.1) is 5.92 Å². The number of amides is 1. The Bertz CT molecular complexity index is 1200. The molecular weight excluding hydrogens is 394 g/mol. The van der Waals surface area contributed by atoms with E-state index in [1.165, 1.54) is 10.9 Å². The van der Waals surface area contributed by atoms with Gasteiger partial charge in [-0.1, -0.05) is 24.3 Å². The van der Waals surface area contributed by atoms with E-state index in [0.717, 1.165) is 36.2 Å². The van der Waals surface area contributed by atoms with Crippen molar-refractivity contribution in [2.24, 2.45) is 13.0 Å². The standard InChI is InChI=1S/C23H25N5O3/c1-27-13-24-19-10-18(16-4-2-15(3-5-16)17-6-7-20(30)25-17)26-22(21(19)23(27)31)28-9-8-14(11-28)12-29/h2-5,10,13-14,17,29H,6-9,11-12H2,1H3,(H,25,30)/t14-,17?/m0/s1. The number of fused-ring (bicyclic) bond motifs is 1. The zero-order valence-corrected chi connectivity index (χ0v) is 17.4. The first-order valence-electron chi connectivity index (χ1n) is 10.7. The summed E-state index contributed by atoms with van der Waals surface area (Å²) in [5.41, 5.74) is 3.24. The summed E-state index contributed by atoms with van der Waals surface area (Å²) in [6, 6.07) is 9.95. The van der Waals surface area contributed by atoms with E-state index in [1.807, 2.05) is 30.3 Å². The van der Waals surface area contributed by atoms with Crippen molar-refractivity contribution >= 4 is 22.6 Å². The summed E-state index contributed by atoms with van der Waals surface area (Å²) in [4.78, 5) is 35.9. The van der Waals surface area contributed by atoms with E-state index in [2.05, 4.69) is 15.2 Å². The molecule has 0 saturated carbocycles. The fraction of sp³-hybridized carbons (Fsp3) is 0.391. The molecule has 0 spiro atoms. The number of aromatic nitrogens is 3. The summed E-state index contributed by atoms with van der Waals surface area (Å²) >= 11 is 0. The number of rotatable bonds is 4. The van der Waals surface area contributed by atoms with Crippen LogP contribution in [0.3, 0.4) is 0 Å². The molecule has 2 N–H and O–H groups in total. The zero-order valence-electron chi connectivity index (χ0n) is 17.4. The number of carbonyl (C=O) groups excluding carboxylic acids is 1. The number of aliphatic hydroxyl groups excluding tert-OH is 1. The number of pyridine rings is 1. The van der Waals surface area contributed by atoms with Gasteiger partial charge in [0.1, 0.15) is 11.2 Å². The van der Waals surface area contributed by atoms with Crippen LogP contribution in [-0.4, -0.2) is 45.2 Å². The van der Waals surface area contributed by atoms with Crippen LogP contribution in [0.4, 0.5) is 5.82 Å². The van der Waals surface area contributed by atoms with Crippen LogP contribution in [0.5, 0.6) is 0 Å².